The summed E-state index contributed by atoms with van der Waals surface area (Å²) in [6.45, 7) is 1.99. The maximum atomic E-state index is 11.1. The fourth-order valence-corrected chi connectivity index (χ4v) is 3.28. The first-order valence-electron chi connectivity index (χ1n) is 9.57. The summed E-state index contributed by atoms with van der Waals surface area (Å²) >= 11 is 0. The van der Waals surface area contributed by atoms with Gasteiger partial charge in [-0.2, -0.15) is 0 Å². The maximum Gasteiger partial charge on any atom is 0.310 e. The lowest BCUT2D eigenvalue weighted by Gasteiger charge is -2.23. The van der Waals surface area contributed by atoms with Crippen LogP contribution in [0.1, 0.15) is 11.1 Å². The van der Waals surface area contributed by atoms with E-state index in [-0.39, 0.29) is 18.0 Å². The van der Waals surface area contributed by atoms with Crippen molar-refractivity contribution in [3.8, 4) is 5.75 Å². The minimum Gasteiger partial charge on any atom is -0.484 e. The minimum absolute atomic E-state index is 0.00205. The molecule has 0 aromatic heterocycles. The zero-order chi connectivity index (χ0) is 20.5. The number of ether oxygens (including phenoxy) is 1. The van der Waals surface area contributed by atoms with E-state index in [0.717, 1.165) is 13.1 Å². The van der Waals surface area contributed by atoms with E-state index < -0.39 is 11.0 Å². The van der Waals surface area contributed by atoms with Gasteiger partial charge < -0.3 is 14.7 Å². The third-order valence-electron chi connectivity index (χ3n) is 4.61. The summed E-state index contributed by atoms with van der Waals surface area (Å²) in [5.41, 5.74) is 2.27. The largest absolute Gasteiger partial charge is 0.484 e. The molecule has 0 bridgehead atoms. The van der Waals surface area contributed by atoms with Gasteiger partial charge in [0.05, 0.1) is 4.92 Å². The van der Waals surface area contributed by atoms with Crippen molar-refractivity contribution in [1.29, 1.82) is 0 Å². The van der Waals surface area contributed by atoms with Crippen molar-refractivity contribution < 1.29 is 19.7 Å². The van der Waals surface area contributed by atoms with Gasteiger partial charge in [-0.15, -0.1) is 0 Å². The Kier molecular flexibility index (Phi) is 7.33. The van der Waals surface area contributed by atoms with Gasteiger partial charge in [0, 0.05) is 17.2 Å². The lowest BCUT2D eigenvalue weighted by Crippen LogP contribution is -3.10. The van der Waals surface area contributed by atoms with E-state index in [9.17, 15) is 15.2 Å². The molecule has 3 rings (SSSR count). The molecule has 1 atom stereocenters. The van der Waals surface area contributed by atoms with Crippen LogP contribution < -0.4 is 9.64 Å². The van der Waals surface area contributed by atoms with Crippen molar-refractivity contribution in [1.82, 2.24) is 0 Å². The average Bonchev–Trinajstić information content (AvgIpc) is 2.74. The first-order chi connectivity index (χ1) is 14.1. The van der Waals surface area contributed by atoms with Gasteiger partial charge in [-0.25, -0.2) is 0 Å². The van der Waals surface area contributed by atoms with E-state index in [0.29, 0.717) is 6.54 Å². The molecule has 6 nitrogen and oxygen atoms in total. The summed E-state index contributed by atoms with van der Waals surface area (Å²) in [4.78, 5) is 11.8. The molecule has 150 valence electrons. The van der Waals surface area contributed by atoms with Gasteiger partial charge in [0.15, 0.2) is 5.75 Å². The topological polar surface area (TPSA) is 77.0 Å². The number of nitro groups is 1. The smallest absolute Gasteiger partial charge is 0.310 e. The number of para-hydroxylation sites is 2. The highest BCUT2D eigenvalue weighted by Crippen LogP contribution is 2.25. The van der Waals surface area contributed by atoms with Crippen LogP contribution in [0, 0.1) is 10.1 Å². The molecule has 0 saturated carbocycles. The van der Waals surface area contributed by atoms with Crippen molar-refractivity contribution in [2.45, 2.75) is 19.2 Å². The minimum atomic E-state index is -0.753. The lowest BCUT2D eigenvalue weighted by molar-refractivity contribution is -0.930. The monoisotopic (exact) mass is 393 g/mol. The van der Waals surface area contributed by atoms with E-state index in [1.54, 1.807) is 18.2 Å². The Hall–Kier alpha value is -3.22. The molecule has 0 unspecified atom stereocenters. The molecule has 0 saturated heterocycles. The van der Waals surface area contributed by atoms with Crippen molar-refractivity contribution in [3.05, 3.63) is 106 Å². The first-order valence-corrected chi connectivity index (χ1v) is 9.57. The second-order valence-electron chi connectivity index (χ2n) is 6.97. The summed E-state index contributed by atoms with van der Waals surface area (Å²) in [7, 11) is 0. The summed E-state index contributed by atoms with van der Waals surface area (Å²) in [5.74, 6) is 0.171. The molecule has 29 heavy (non-hydrogen) atoms. The number of nitrogens with zero attached hydrogens (tertiary/aromatic N) is 1. The Morgan fingerprint density at radius 3 is 1.93 bits per heavy atom. The fourth-order valence-electron chi connectivity index (χ4n) is 3.28. The standard InChI is InChI=1S/C23H24N2O4/c26-21(18-29-23-14-8-7-13-22(23)25(27)28)17-24(15-19-9-3-1-4-10-19)16-20-11-5-2-6-12-20/h1-14,21,26H,15-18H2/p+1/t21-/m0/s1. The lowest BCUT2D eigenvalue weighted by atomic mass is 10.1. The van der Waals surface area contributed by atoms with Crippen LogP contribution in [-0.2, 0) is 13.1 Å². The normalized spacial score (nSPS) is 11.9. The molecule has 0 heterocycles. The van der Waals surface area contributed by atoms with Crippen molar-refractivity contribution in [2.24, 2.45) is 0 Å². The Bertz CT molecular complexity index is 862. The van der Waals surface area contributed by atoms with E-state index in [1.165, 1.54) is 22.1 Å². The van der Waals surface area contributed by atoms with Crippen LogP contribution in [0.5, 0.6) is 5.75 Å². The Labute approximate surface area is 170 Å². The highest BCUT2D eigenvalue weighted by atomic mass is 16.6. The van der Waals surface area contributed by atoms with Crippen LogP contribution in [0.4, 0.5) is 5.69 Å². The molecular weight excluding hydrogens is 368 g/mol. The summed E-state index contributed by atoms with van der Waals surface area (Å²) in [6.07, 6.45) is -0.753. The van der Waals surface area contributed by atoms with Crippen LogP contribution in [0.2, 0.25) is 0 Å². The number of quaternary nitrogens is 1. The fraction of sp³-hybridized carbons (Fsp3) is 0.217. The van der Waals surface area contributed by atoms with E-state index in [1.807, 2.05) is 36.4 Å². The molecule has 0 aliphatic rings. The number of rotatable bonds is 10. The van der Waals surface area contributed by atoms with Gasteiger partial charge in [-0.3, -0.25) is 10.1 Å². The second kappa shape index (κ2) is 10.4. The van der Waals surface area contributed by atoms with Crippen molar-refractivity contribution in [2.75, 3.05) is 13.2 Å². The third-order valence-corrected chi connectivity index (χ3v) is 4.61. The molecule has 0 aliphatic heterocycles. The number of aliphatic hydroxyl groups is 1. The van der Waals surface area contributed by atoms with Crippen molar-refractivity contribution >= 4 is 5.69 Å². The van der Waals surface area contributed by atoms with Crippen LogP contribution >= 0.6 is 0 Å². The zero-order valence-electron chi connectivity index (χ0n) is 16.1. The zero-order valence-corrected chi connectivity index (χ0v) is 16.1. The molecule has 0 radical (unpaired) electrons. The third kappa shape index (κ3) is 6.41. The summed E-state index contributed by atoms with van der Waals surface area (Å²) in [5, 5.41) is 21.7. The van der Waals surface area contributed by atoms with Crippen molar-refractivity contribution in [3.63, 3.8) is 0 Å². The molecule has 3 aromatic carbocycles. The predicted octanol–water partition coefficient (Wildman–Crippen LogP) is 2.62. The highest BCUT2D eigenvalue weighted by Gasteiger charge is 2.19. The number of aliphatic hydroxyl groups excluding tert-OH is 1. The maximum absolute atomic E-state index is 11.1. The number of benzene rings is 3. The van der Waals surface area contributed by atoms with Gasteiger partial charge in [0.25, 0.3) is 0 Å². The SMILES string of the molecule is O=[N+]([O-])c1ccccc1OC[C@@H](O)C[NH+](Cc1ccccc1)Cc1ccccc1. The summed E-state index contributed by atoms with van der Waals surface area (Å²) < 4.78 is 5.56. The Balaban J connectivity index is 1.64. The van der Waals surface area contributed by atoms with Gasteiger partial charge >= 0.3 is 5.69 Å². The molecule has 0 amide bonds. The van der Waals surface area contributed by atoms with Gasteiger partial charge in [-0.05, 0) is 6.07 Å². The van der Waals surface area contributed by atoms with Crippen LogP contribution in [0.25, 0.3) is 0 Å². The van der Waals surface area contributed by atoms with Gasteiger partial charge in [0.2, 0.25) is 0 Å². The number of nitro benzene ring substituents is 1. The van der Waals surface area contributed by atoms with Gasteiger partial charge in [-0.1, -0.05) is 72.8 Å². The molecule has 0 spiro atoms. The molecular formula is C23H25N2O4+. The second-order valence-corrected chi connectivity index (χ2v) is 6.97. The number of hydrogen-bond donors (Lipinski definition) is 2. The number of hydrogen-bond acceptors (Lipinski definition) is 4. The first kappa shape index (κ1) is 20.5. The van der Waals surface area contributed by atoms with Crippen LogP contribution in [-0.4, -0.2) is 29.3 Å². The van der Waals surface area contributed by atoms with E-state index in [2.05, 4.69) is 24.3 Å². The van der Waals surface area contributed by atoms with E-state index in [4.69, 9.17) is 4.74 Å². The van der Waals surface area contributed by atoms with Gasteiger partial charge in [0.1, 0.15) is 32.3 Å². The Morgan fingerprint density at radius 2 is 1.38 bits per heavy atom. The summed E-state index contributed by atoms with van der Waals surface area (Å²) in [6, 6.07) is 26.5. The highest BCUT2D eigenvalue weighted by molar-refractivity contribution is 5.45. The Morgan fingerprint density at radius 1 is 0.862 bits per heavy atom. The quantitative estimate of drug-likeness (QED) is 0.410. The van der Waals surface area contributed by atoms with Crippen LogP contribution in [0.15, 0.2) is 84.9 Å². The molecule has 3 aromatic rings. The predicted molar refractivity (Wildman–Crippen MR) is 111 cm³/mol. The van der Waals surface area contributed by atoms with Crippen LogP contribution in [0.3, 0.4) is 0 Å². The van der Waals surface area contributed by atoms with E-state index >= 15 is 0 Å². The molecule has 6 heteroatoms. The average molecular weight is 393 g/mol. The number of nitrogens with one attached hydrogen (secondary N) is 1. The molecule has 2 N–H and O–H groups in total. The molecule has 0 aliphatic carbocycles. The molecule has 0 fully saturated rings.